The van der Waals surface area contributed by atoms with Crippen LogP contribution in [0, 0.1) is 0 Å². The Bertz CT molecular complexity index is 301. The summed E-state index contributed by atoms with van der Waals surface area (Å²) in [7, 11) is 3.25. The zero-order valence-electron chi connectivity index (χ0n) is 10.7. The lowest BCUT2D eigenvalue weighted by atomic mass is 10.1. The lowest BCUT2D eigenvalue weighted by Crippen LogP contribution is -1.67. The Kier molecular flexibility index (Phi) is 13.5. The summed E-state index contributed by atoms with van der Waals surface area (Å²) < 4.78 is 4.25. The molecule has 2 aromatic carbocycles. The maximum Gasteiger partial charge on any atom is 0.0351 e. The molecule has 0 radical (unpaired) electrons. The number of rotatable bonds is 0. The minimum atomic E-state index is 0. The molecular formula is C16H26O. The van der Waals surface area contributed by atoms with Gasteiger partial charge in [0.1, 0.15) is 0 Å². The van der Waals surface area contributed by atoms with Crippen LogP contribution >= 0.6 is 0 Å². The van der Waals surface area contributed by atoms with Gasteiger partial charge in [-0.3, -0.25) is 0 Å². The summed E-state index contributed by atoms with van der Waals surface area (Å²) >= 11 is 0. The molecule has 0 aliphatic carbocycles. The van der Waals surface area contributed by atoms with Gasteiger partial charge in [-0.2, -0.15) is 0 Å². The van der Waals surface area contributed by atoms with E-state index < -0.39 is 0 Å². The molecule has 0 saturated carbocycles. The molecule has 2 aromatic rings. The minimum absolute atomic E-state index is 0. The molecule has 0 bridgehead atoms. The van der Waals surface area contributed by atoms with Crippen LogP contribution in [0.5, 0.6) is 0 Å². The fraction of sp³-hybridized carbons (Fsp3) is 0.375. The van der Waals surface area contributed by atoms with Gasteiger partial charge in [-0.25, -0.2) is 0 Å². The highest BCUT2D eigenvalue weighted by molar-refractivity contribution is 5.81. The van der Waals surface area contributed by atoms with E-state index in [9.17, 15) is 0 Å². The van der Waals surface area contributed by atoms with Gasteiger partial charge in [0.15, 0.2) is 0 Å². The third-order valence-electron chi connectivity index (χ3n) is 1.66. The second-order valence-corrected chi connectivity index (χ2v) is 3.46. The van der Waals surface area contributed by atoms with Crippen molar-refractivity contribution >= 4 is 10.8 Å². The number of methoxy groups -OCH3 is 1. The van der Waals surface area contributed by atoms with Crippen LogP contribution in [0.4, 0.5) is 0 Å². The summed E-state index contributed by atoms with van der Waals surface area (Å²) in [6.07, 6.45) is 1.25. The van der Waals surface area contributed by atoms with Crippen molar-refractivity contribution in [2.45, 2.75) is 27.7 Å². The molecular weight excluding hydrogens is 208 g/mol. The highest BCUT2D eigenvalue weighted by Gasteiger charge is 1.85. The standard InChI is InChI=1S/C10H8.C3H8.C2H6O.CH4/c1-2-6-10-8-4-3-7-9(10)5-1;2*1-3-2;/h1-8H;3H2,1-2H3;1-2H3;1H4. The predicted molar refractivity (Wildman–Crippen MR) is 79.6 cm³/mol. The first-order chi connectivity index (χ1) is 7.79. The van der Waals surface area contributed by atoms with E-state index in [1.54, 1.807) is 14.2 Å². The molecule has 1 heteroatoms. The summed E-state index contributed by atoms with van der Waals surface area (Å²) in [5.41, 5.74) is 0. The highest BCUT2D eigenvalue weighted by atomic mass is 16.4. The molecule has 0 spiro atoms. The van der Waals surface area contributed by atoms with E-state index in [1.165, 1.54) is 17.2 Å². The van der Waals surface area contributed by atoms with E-state index in [4.69, 9.17) is 0 Å². The van der Waals surface area contributed by atoms with E-state index >= 15 is 0 Å². The van der Waals surface area contributed by atoms with Gasteiger partial charge in [-0.15, -0.1) is 0 Å². The van der Waals surface area contributed by atoms with Crippen molar-refractivity contribution in [2.24, 2.45) is 0 Å². The van der Waals surface area contributed by atoms with E-state index in [2.05, 4.69) is 67.1 Å². The number of hydrogen-bond acceptors (Lipinski definition) is 1. The largest absolute Gasteiger partial charge is 0.388 e. The summed E-state index contributed by atoms with van der Waals surface area (Å²) in [5.74, 6) is 0. The Labute approximate surface area is 106 Å². The zero-order chi connectivity index (χ0) is 12.2. The highest BCUT2D eigenvalue weighted by Crippen LogP contribution is 2.11. The van der Waals surface area contributed by atoms with Crippen molar-refractivity contribution in [2.75, 3.05) is 14.2 Å². The normalized spacial score (nSPS) is 8.00. The molecule has 0 amide bonds. The molecule has 0 fully saturated rings. The van der Waals surface area contributed by atoms with Crippen molar-refractivity contribution in [3.63, 3.8) is 0 Å². The molecule has 0 N–H and O–H groups in total. The lowest BCUT2D eigenvalue weighted by molar-refractivity contribution is 0.277. The van der Waals surface area contributed by atoms with Crippen LogP contribution in [0.2, 0.25) is 0 Å². The minimum Gasteiger partial charge on any atom is -0.388 e. The van der Waals surface area contributed by atoms with Crippen molar-refractivity contribution in [1.29, 1.82) is 0 Å². The predicted octanol–water partition coefficient (Wildman–Crippen LogP) is 5.15. The molecule has 0 aromatic heterocycles. The van der Waals surface area contributed by atoms with Crippen molar-refractivity contribution in [1.82, 2.24) is 0 Å². The molecule has 0 aliphatic heterocycles. The maximum atomic E-state index is 4.25. The average Bonchev–Trinajstić information content (AvgIpc) is 2.31. The van der Waals surface area contributed by atoms with E-state index in [0.717, 1.165) is 0 Å². The molecule has 1 nitrogen and oxygen atoms in total. The molecule has 0 atom stereocenters. The second kappa shape index (κ2) is 12.7. The van der Waals surface area contributed by atoms with E-state index in [-0.39, 0.29) is 7.43 Å². The Morgan fingerprint density at radius 1 is 0.765 bits per heavy atom. The Morgan fingerprint density at radius 3 is 1.12 bits per heavy atom. The lowest BCUT2D eigenvalue weighted by Gasteiger charge is -1.92. The SMILES string of the molecule is C.CCC.COC.c1ccc2ccccc2c1. The fourth-order valence-corrected chi connectivity index (χ4v) is 1.13. The van der Waals surface area contributed by atoms with Crippen LogP contribution in [-0.4, -0.2) is 14.2 Å². The van der Waals surface area contributed by atoms with Gasteiger partial charge in [0.25, 0.3) is 0 Å². The molecule has 17 heavy (non-hydrogen) atoms. The van der Waals surface area contributed by atoms with Gasteiger partial charge in [0.2, 0.25) is 0 Å². The topological polar surface area (TPSA) is 9.23 Å². The van der Waals surface area contributed by atoms with E-state index in [1.807, 2.05) is 0 Å². The first kappa shape index (κ1) is 18.0. The average molecular weight is 234 g/mol. The molecule has 0 unspecified atom stereocenters. The van der Waals surface area contributed by atoms with Gasteiger partial charge < -0.3 is 4.74 Å². The summed E-state index contributed by atoms with van der Waals surface area (Å²) in [6.45, 7) is 4.25. The van der Waals surface area contributed by atoms with Gasteiger partial charge in [-0.05, 0) is 10.8 Å². The third kappa shape index (κ3) is 8.47. The smallest absolute Gasteiger partial charge is 0.0351 e. The van der Waals surface area contributed by atoms with Gasteiger partial charge in [0.05, 0.1) is 0 Å². The number of fused-ring (bicyclic) bond motifs is 1. The van der Waals surface area contributed by atoms with Crippen molar-refractivity contribution in [3.05, 3.63) is 48.5 Å². The quantitative estimate of drug-likeness (QED) is 0.612. The molecule has 2 rings (SSSR count). The van der Waals surface area contributed by atoms with Crippen LogP contribution < -0.4 is 0 Å². The van der Waals surface area contributed by atoms with Gasteiger partial charge in [0, 0.05) is 14.2 Å². The third-order valence-corrected chi connectivity index (χ3v) is 1.66. The Balaban J connectivity index is 0. The monoisotopic (exact) mass is 234 g/mol. The van der Waals surface area contributed by atoms with E-state index in [0.29, 0.717) is 0 Å². The first-order valence-corrected chi connectivity index (χ1v) is 5.64. The first-order valence-electron chi connectivity index (χ1n) is 5.64. The fourth-order valence-electron chi connectivity index (χ4n) is 1.13. The zero-order valence-corrected chi connectivity index (χ0v) is 10.7. The van der Waals surface area contributed by atoms with Gasteiger partial charge >= 0.3 is 0 Å². The Morgan fingerprint density at radius 2 is 0.941 bits per heavy atom. The summed E-state index contributed by atoms with van der Waals surface area (Å²) in [6, 6.07) is 16.7. The Hall–Kier alpha value is -1.34. The van der Waals surface area contributed by atoms with Crippen LogP contribution in [-0.2, 0) is 4.74 Å². The number of hydrogen-bond donors (Lipinski definition) is 0. The second-order valence-electron chi connectivity index (χ2n) is 3.46. The van der Waals surface area contributed by atoms with Crippen LogP contribution in [0.1, 0.15) is 27.7 Å². The molecule has 0 heterocycles. The summed E-state index contributed by atoms with van der Waals surface area (Å²) in [4.78, 5) is 0. The van der Waals surface area contributed by atoms with Gasteiger partial charge in [-0.1, -0.05) is 76.2 Å². The van der Waals surface area contributed by atoms with Crippen LogP contribution in [0.3, 0.4) is 0 Å². The summed E-state index contributed by atoms with van der Waals surface area (Å²) in [5, 5.41) is 2.62. The molecule has 0 aliphatic rings. The molecule has 0 saturated heterocycles. The maximum absolute atomic E-state index is 4.25. The van der Waals surface area contributed by atoms with Crippen LogP contribution in [0.15, 0.2) is 48.5 Å². The van der Waals surface area contributed by atoms with Crippen molar-refractivity contribution in [3.8, 4) is 0 Å². The number of ether oxygens (including phenoxy) is 1. The molecule has 96 valence electrons. The van der Waals surface area contributed by atoms with Crippen LogP contribution in [0.25, 0.3) is 10.8 Å². The number of benzene rings is 2. The van der Waals surface area contributed by atoms with Crippen molar-refractivity contribution < 1.29 is 4.74 Å².